The first-order chi connectivity index (χ1) is 14.0. The molecule has 2 N–H and O–H groups in total. The number of aromatic hydroxyl groups is 1. The molecule has 30 heavy (non-hydrogen) atoms. The Kier molecular flexibility index (Phi) is 4.67. The Morgan fingerprint density at radius 3 is 2.37 bits per heavy atom. The lowest BCUT2D eigenvalue weighted by Crippen LogP contribution is -2.50. The van der Waals surface area contributed by atoms with Gasteiger partial charge in [0.15, 0.2) is 0 Å². The minimum Gasteiger partial charge on any atom is -0.506 e. The molecule has 1 aromatic heterocycles. The van der Waals surface area contributed by atoms with Crippen LogP contribution in [0.3, 0.4) is 0 Å². The van der Waals surface area contributed by atoms with Crippen LogP contribution >= 0.6 is 0 Å². The smallest absolute Gasteiger partial charge is 0.416 e. The third-order valence-electron chi connectivity index (χ3n) is 5.58. The van der Waals surface area contributed by atoms with Gasteiger partial charge in [-0.05, 0) is 47.9 Å². The summed E-state index contributed by atoms with van der Waals surface area (Å²) in [4.78, 5) is 13.1. The Balaban J connectivity index is 1.80. The average Bonchev–Trinajstić information content (AvgIpc) is 2.95. The van der Waals surface area contributed by atoms with E-state index in [1.165, 1.54) is 12.3 Å². The number of aromatic nitrogens is 1. The fraction of sp³-hybridized carbons (Fsp3) is 0.318. The first-order valence-electron chi connectivity index (χ1n) is 9.59. The van der Waals surface area contributed by atoms with Gasteiger partial charge in [-0.3, -0.25) is 4.79 Å². The molecule has 158 valence electrons. The molecule has 0 bridgehead atoms. The molecule has 0 unspecified atom stereocenters. The van der Waals surface area contributed by atoms with E-state index >= 15 is 0 Å². The molecule has 1 aliphatic rings. The second kappa shape index (κ2) is 6.97. The molecule has 3 aromatic rings. The second-order valence-corrected chi connectivity index (χ2v) is 7.99. The van der Waals surface area contributed by atoms with Crippen molar-refractivity contribution in [2.24, 2.45) is 5.92 Å². The average molecular weight is 418 g/mol. The number of aliphatic carboxylic acids is 1. The zero-order valence-corrected chi connectivity index (χ0v) is 16.4. The highest BCUT2D eigenvalue weighted by molar-refractivity contribution is 5.89. The van der Waals surface area contributed by atoms with Gasteiger partial charge in [0.2, 0.25) is 0 Å². The van der Waals surface area contributed by atoms with Crippen molar-refractivity contribution in [3.8, 4) is 11.4 Å². The van der Waals surface area contributed by atoms with Crippen LogP contribution in [-0.4, -0.2) is 33.8 Å². The van der Waals surface area contributed by atoms with E-state index in [-0.39, 0.29) is 17.1 Å². The Bertz CT molecular complexity index is 1130. The van der Waals surface area contributed by atoms with E-state index in [0.717, 1.165) is 23.4 Å². The van der Waals surface area contributed by atoms with E-state index in [1.54, 1.807) is 4.57 Å². The lowest BCUT2D eigenvalue weighted by atomic mass is 9.96. The third-order valence-corrected chi connectivity index (χ3v) is 5.58. The normalized spacial score (nSPS) is 15.1. The zero-order chi connectivity index (χ0) is 21.8. The standard InChI is InChI=1S/C22H21F3N2O3/c1-12(2)13-5-16(26-9-14(10-26)21(29)30)8-17(6-13)27-11-20(28)18-7-15(22(23,24)25)3-4-19(18)27/h3-8,11-12,14,28H,9-10H2,1-2H3,(H,29,30). The summed E-state index contributed by atoms with van der Waals surface area (Å²) in [5.74, 6) is -1.28. The van der Waals surface area contributed by atoms with Gasteiger partial charge in [0.25, 0.3) is 0 Å². The lowest BCUT2D eigenvalue weighted by Gasteiger charge is -2.39. The van der Waals surface area contributed by atoms with Gasteiger partial charge < -0.3 is 19.7 Å². The van der Waals surface area contributed by atoms with E-state index in [1.807, 2.05) is 36.9 Å². The number of halogens is 3. The molecule has 0 saturated carbocycles. The molecule has 2 aromatic carbocycles. The number of benzene rings is 2. The van der Waals surface area contributed by atoms with Gasteiger partial charge in [-0.25, -0.2) is 0 Å². The molecule has 1 aliphatic heterocycles. The third kappa shape index (κ3) is 3.46. The van der Waals surface area contributed by atoms with Crippen LogP contribution in [0.15, 0.2) is 42.6 Å². The summed E-state index contributed by atoms with van der Waals surface area (Å²) in [5, 5.41) is 19.5. The van der Waals surface area contributed by atoms with E-state index in [4.69, 9.17) is 5.11 Å². The van der Waals surface area contributed by atoms with E-state index in [2.05, 4.69) is 0 Å². The molecular weight excluding hydrogens is 397 g/mol. The molecule has 4 rings (SSSR count). The van der Waals surface area contributed by atoms with Crippen molar-refractivity contribution >= 4 is 22.6 Å². The molecule has 0 aliphatic carbocycles. The second-order valence-electron chi connectivity index (χ2n) is 7.99. The van der Waals surface area contributed by atoms with E-state index in [0.29, 0.717) is 24.3 Å². The Morgan fingerprint density at radius 1 is 1.10 bits per heavy atom. The molecule has 0 radical (unpaired) electrons. The van der Waals surface area contributed by atoms with Crippen molar-refractivity contribution in [1.29, 1.82) is 0 Å². The van der Waals surface area contributed by atoms with Crippen LogP contribution < -0.4 is 4.90 Å². The molecule has 5 nitrogen and oxygen atoms in total. The van der Waals surface area contributed by atoms with Crippen molar-refractivity contribution in [2.75, 3.05) is 18.0 Å². The number of carbonyl (C=O) groups is 1. The molecule has 8 heteroatoms. The molecule has 2 heterocycles. The zero-order valence-electron chi connectivity index (χ0n) is 16.4. The van der Waals surface area contributed by atoms with E-state index in [9.17, 15) is 23.1 Å². The van der Waals surface area contributed by atoms with Crippen molar-refractivity contribution in [3.63, 3.8) is 0 Å². The number of fused-ring (bicyclic) bond motifs is 1. The van der Waals surface area contributed by atoms with Crippen LogP contribution in [0.2, 0.25) is 0 Å². The van der Waals surface area contributed by atoms with Gasteiger partial charge >= 0.3 is 12.1 Å². The SMILES string of the molecule is CC(C)c1cc(N2CC(C(=O)O)C2)cc(-n2cc(O)c3cc(C(F)(F)F)ccc32)c1. The van der Waals surface area contributed by atoms with E-state index < -0.39 is 23.6 Å². The molecule has 1 fully saturated rings. The van der Waals surface area contributed by atoms with Crippen molar-refractivity contribution < 1.29 is 28.2 Å². The first-order valence-corrected chi connectivity index (χ1v) is 9.59. The minimum absolute atomic E-state index is 0.121. The molecule has 1 saturated heterocycles. The predicted molar refractivity (Wildman–Crippen MR) is 107 cm³/mol. The van der Waals surface area contributed by atoms with Crippen LogP contribution in [0, 0.1) is 5.92 Å². The summed E-state index contributed by atoms with van der Waals surface area (Å²) in [6, 6.07) is 9.09. The van der Waals surface area contributed by atoms with Crippen molar-refractivity contribution in [3.05, 3.63) is 53.7 Å². The maximum atomic E-state index is 13.1. The Labute approximate surface area is 171 Å². The Morgan fingerprint density at radius 2 is 1.77 bits per heavy atom. The summed E-state index contributed by atoms with van der Waals surface area (Å²) in [6.45, 7) is 4.87. The summed E-state index contributed by atoms with van der Waals surface area (Å²) in [5.41, 5.74) is 2.19. The minimum atomic E-state index is -4.49. The lowest BCUT2D eigenvalue weighted by molar-refractivity contribution is -0.142. The number of carboxylic acid groups (broad SMARTS) is 1. The highest BCUT2D eigenvalue weighted by Gasteiger charge is 2.33. The predicted octanol–water partition coefficient (Wildman–Crippen LogP) is 5.00. The summed E-state index contributed by atoms with van der Waals surface area (Å²) in [6.07, 6.45) is -3.09. The monoisotopic (exact) mass is 418 g/mol. The number of carboxylic acids is 1. The van der Waals surface area contributed by atoms with Crippen LogP contribution in [-0.2, 0) is 11.0 Å². The van der Waals surface area contributed by atoms with Crippen LogP contribution in [0.5, 0.6) is 5.75 Å². The summed E-state index contributed by atoms with van der Waals surface area (Å²) < 4.78 is 40.8. The van der Waals surface area contributed by atoms with Crippen molar-refractivity contribution in [1.82, 2.24) is 4.57 Å². The van der Waals surface area contributed by atoms with Crippen LogP contribution in [0.1, 0.15) is 30.9 Å². The number of hydrogen-bond acceptors (Lipinski definition) is 3. The topological polar surface area (TPSA) is 65.7 Å². The van der Waals surface area contributed by atoms with Gasteiger partial charge in [0.1, 0.15) is 5.75 Å². The number of rotatable bonds is 4. The van der Waals surface area contributed by atoms with Crippen molar-refractivity contribution in [2.45, 2.75) is 25.9 Å². The number of hydrogen-bond donors (Lipinski definition) is 2. The van der Waals surface area contributed by atoms with Gasteiger partial charge in [-0.1, -0.05) is 13.8 Å². The fourth-order valence-corrected chi connectivity index (χ4v) is 3.72. The number of anilines is 1. The molecule has 0 amide bonds. The number of alkyl halides is 3. The summed E-state index contributed by atoms with van der Waals surface area (Å²) in [7, 11) is 0. The molecular formula is C22H21F3N2O3. The number of nitrogens with zero attached hydrogens (tertiary/aromatic N) is 2. The maximum Gasteiger partial charge on any atom is 0.416 e. The highest BCUT2D eigenvalue weighted by Crippen LogP contribution is 2.38. The maximum absolute atomic E-state index is 13.1. The first kappa shape index (κ1) is 20.1. The van der Waals surface area contributed by atoms with Gasteiger partial charge in [-0.15, -0.1) is 0 Å². The Hall–Kier alpha value is -3.16. The quantitative estimate of drug-likeness (QED) is 0.626. The van der Waals surface area contributed by atoms with Gasteiger partial charge in [0.05, 0.1) is 23.2 Å². The largest absolute Gasteiger partial charge is 0.506 e. The van der Waals surface area contributed by atoms with Crippen LogP contribution in [0.25, 0.3) is 16.6 Å². The van der Waals surface area contributed by atoms with Gasteiger partial charge in [-0.2, -0.15) is 13.2 Å². The van der Waals surface area contributed by atoms with Crippen LogP contribution in [0.4, 0.5) is 18.9 Å². The fourth-order valence-electron chi connectivity index (χ4n) is 3.72. The summed E-state index contributed by atoms with van der Waals surface area (Å²) >= 11 is 0. The molecule has 0 atom stereocenters. The highest BCUT2D eigenvalue weighted by atomic mass is 19.4. The molecule has 0 spiro atoms. The van der Waals surface area contributed by atoms with Gasteiger partial charge in [0, 0.05) is 29.9 Å².